The van der Waals surface area contributed by atoms with E-state index >= 15 is 0 Å². The number of carbonyl (C=O) groups is 3. The predicted octanol–water partition coefficient (Wildman–Crippen LogP) is 2.77. The van der Waals surface area contributed by atoms with E-state index in [9.17, 15) is 14.4 Å². The summed E-state index contributed by atoms with van der Waals surface area (Å²) < 4.78 is 5.08. The van der Waals surface area contributed by atoms with Crippen molar-refractivity contribution in [1.29, 1.82) is 0 Å². The summed E-state index contributed by atoms with van der Waals surface area (Å²) >= 11 is 0. The van der Waals surface area contributed by atoms with Crippen LogP contribution in [0.3, 0.4) is 0 Å². The molecular weight excluding hydrogens is 332 g/mol. The highest BCUT2D eigenvalue weighted by Crippen LogP contribution is 2.12. The molecule has 0 aliphatic carbocycles. The molecule has 6 heteroatoms. The number of likely N-dealkylation sites (N-methyl/N-ethyl adjacent to an activating group) is 1. The lowest BCUT2D eigenvalue weighted by atomic mass is 10.1. The molecule has 0 unspecified atom stereocenters. The Bertz CT molecular complexity index is 800. The van der Waals surface area contributed by atoms with Gasteiger partial charge in [-0.05, 0) is 30.7 Å². The van der Waals surface area contributed by atoms with Crippen LogP contribution in [0.5, 0.6) is 0 Å². The zero-order valence-corrected chi connectivity index (χ0v) is 15.1. The zero-order chi connectivity index (χ0) is 19.1. The highest BCUT2D eigenvalue weighted by Gasteiger charge is 2.14. The van der Waals surface area contributed by atoms with Crippen molar-refractivity contribution in [2.45, 2.75) is 20.4 Å². The molecule has 0 bridgehead atoms. The maximum absolute atomic E-state index is 12.2. The van der Waals surface area contributed by atoms with Crippen molar-refractivity contribution in [3.63, 3.8) is 0 Å². The zero-order valence-electron chi connectivity index (χ0n) is 15.1. The van der Waals surface area contributed by atoms with Gasteiger partial charge in [-0.1, -0.05) is 35.9 Å². The molecule has 0 atom stereocenters. The van der Waals surface area contributed by atoms with Crippen molar-refractivity contribution >= 4 is 23.5 Å². The van der Waals surface area contributed by atoms with E-state index in [0.717, 1.165) is 11.1 Å². The number of anilines is 1. The smallest absolute Gasteiger partial charge is 0.338 e. The van der Waals surface area contributed by atoms with Crippen molar-refractivity contribution in [3.05, 3.63) is 65.2 Å². The van der Waals surface area contributed by atoms with Crippen LogP contribution >= 0.6 is 0 Å². The summed E-state index contributed by atoms with van der Waals surface area (Å²) in [7, 11) is 1.66. The second-order valence-corrected chi connectivity index (χ2v) is 6.07. The minimum absolute atomic E-state index is 0.233. The first-order valence-electron chi connectivity index (χ1n) is 8.19. The highest BCUT2D eigenvalue weighted by molar-refractivity contribution is 5.94. The molecule has 2 rings (SSSR count). The van der Waals surface area contributed by atoms with Crippen molar-refractivity contribution in [3.8, 4) is 0 Å². The Morgan fingerprint density at radius 2 is 1.77 bits per heavy atom. The summed E-state index contributed by atoms with van der Waals surface area (Å²) in [5, 5.41) is 2.59. The summed E-state index contributed by atoms with van der Waals surface area (Å²) in [4.78, 5) is 36.8. The topological polar surface area (TPSA) is 75.7 Å². The van der Waals surface area contributed by atoms with Gasteiger partial charge in [0.05, 0.1) is 5.56 Å². The van der Waals surface area contributed by atoms with Gasteiger partial charge in [0.2, 0.25) is 5.91 Å². The van der Waals surface area contributed by atoms with E-state index in [2.05, 4.69) is 5.32 Å². The lowest BCUT2D eigenvalue weighted by Crippen LogP contribution is -2.30. The van der Waals surface area contributed by atoms with E-state index in [1.165, 1.54) is 17.9 Å². The van der Waals surface area contributed by atoms with E-state index in [4.69, 9.17) is 4.74 Å². The van der Waals surface area contributed by atoms with Crippen LogP contribution in [0, 0.1) is 6.92 Å². The van der Waals surface area contributed by atoms with Gasteiger partial charge in [0.1, 0.15) is 0 Å². The number of nitrogens with zero attached hydrogens (tertiary/aromatic N) is 1. The minimum atomic E-state index is -0.616. The number of hydrogen-bond acceptors (Lipinski definition) is 4. The Hall–Kier alpha value is -3.15. The number of ether oxygens (including phenoxy) is 1. The third-order valence-electron chi connectivity index (χ3n) is 3.71. The van der Waals surface area contributed by atoms with Crippen LogP contribution in [0.2, 0.25) is 0 Å². The van der Waals surface area contributed by atoms with Crippen molar-refractivity contribution in [2.75, 3.05) is 19.0 Å². The third kappa shape index (κ3) is 5.73. The highest BCUT2D eigenvalue weighted by atomic mass is 16.5. The van der Waals surface area contributed by atoms with Gasteiger partial charge >= 0.3 is 5.97 Å². The van der Waals surface area contributed by atoms with Crippen molar-refractivity contribution in [2.24, 2.45) is 0 Å². The molecule has 0 spiro atoms. The molecule has 0 heterocycles. The minimum Gasteiger partial charge on any atom is -0.452 e. The van der Waals surface area contributed by atoms with Gasteiger partial charge in [-0.3, -0.25) is 9.59 Å². The van der Waals surface area contributed by atoms with Gasteiger partial charge in [-0.15, -0.1) is 0 Å². The summed E-state index contributed by atoms with van der Waals surface area (Å²) in [6.45, 7) is 3.48. The average Bonchev–Trinajstić information content (AvgIpc) is 2.61. The number of hydrogen-bond donors (Lipinski definition) is 1. The number of aryl methyl sites for hydroxylation is 1. The molecule has 0 saturated heterocycles. The molecule has 0 fully saturated rings. The second kappa shape index (κ2) is 8.80. The number of nitrogens with one attached hydrogen (secondary N) is 1. The van der Waals surface area contributed by atoms with Gasteiger partial charge in [-0.25, -0.2) is 4.79 Å². The monoisotopic (exact) mass is 354 g/mol. The maximum Gasteiger partial charge on any atom is 0.338 e. The molecular formula is C20H22N2O4. The van der Waals surface area contributed by atoms with Gasteiger partial charge in [0, 0.05) is 26.2 Å². The second-order valence-electron chi connectivity index (χ2n) is 6.07. The van der Waals surface area contributed by atoms with Crippen LogP contribution in [0.25, 0.3) is 0 Å². The van der Waals surface area contributed by atoms with Gasteiger partial charge in [0.25, 0.3) is 5.91 Å². The normalized spacial score (nSPS) is 10.1. The van der Waals surface area contributed by atoms with E-state index in [1.54, 1.807) is 25.2 Å². The fourth-order valence-electron chi connectivity index (χ4n) is 2.30. The predicted molar refractivity (Wildman–Crippen MR) is 98.7 cm³/mol. The fraction of sp³-hybridized carbons (Fsp3) is 0.250. The number of rotatable bonds is 6. The Labute approximate surface area is 152 Å². The van der Waals surface area contributed by atoms with Crippen LogP contribution in [-0.2, 0) is 20.9 Å². The third-order valence-corrected chi connectivity index (χ3v) is 3.71. The average molecular weight is 354 g/mol. The van der Waals surface area contributed by atoms with E-state index in [1.807, 2.05) is 31.2 Å². The Morgan fingerprint density at radius 1 is 1.08 bits per heavy atom. The largest absolute Gasteiger partial charge is 0.452 e. The maximum atomic E-state index is 12.2. The molecule has 6 nitrogen and oxygen atoms in total. The molecule has 136 valence electrons. The Balaban J connectivity index is 1.88. The van der Waals surface area contributed by atoms with E-state index in [0.29, 0.717) is 12.2 Å². The Kier molecular flexibility index (Phi) is 6.49. The van der Waals surface area contributed by atoms with Crippen molar-refractivity contribution in [1.82, 2.24) is 4.90 Å². The van der Waals surface area contributed by atoms with Crippen LogP contribution in [0.15, 0.2) is 48.5 Å². The molecule has 2 aromatic carbocycles. The number of carbonyl (C=O) groups excluding carboxylic acids is 3. The quantitative estimate of drug-likeness (QED) is 0.810. The van der Waals surface area contributed by atoms with E-state index < -0.39 is 5.97 Å². The Morgan fingerprint density at radius 3 is 2.42 bits per heavy atom. The first-order chi connectivity index (χ1) is 12.3. The lowest BCUT2D eigenvalue weighted by Gasteiger charge is -2.17. The summed E-state index contributed by atoms with van der Waals surface area (Å²) in [6, 6.07) is 14.2. The SMILES string of the molecule is CC(=O)Nc1cccc(C(=O)OCC(=O)N(C)Cc2ccc(C)cc2)c1. The molecule has 0 radical (unpaired) electrons. The van der Waals surface area contributed by atoms with Gasteiger partial charge in [0.15, 0.2) is 6.61 Å². The number of amides is 2. The molecule has 0 aliphatic rings. The first-order valence-corrected chi connectivity index (χ1v) is 8.19. The van der Waals surface area contributed by atoms with E-state index in [-0.39, 0.29) is 24.0 Å². The van der Waals surface area contributed by atoms with Crippen molar-refractivity contribution < 1.29 is 19.1 Å². The van der Waals surface area contributed by atoms with Crippen LogP contribution in [0.4, 0.5) is 5.69 Å². The summed E-state index contributed by atoms with van der Waals surface area (Å²) in [5.41, 5.74) is 2.92. The molecule has 0 saturated carbocycles. The molecule has 2 aromatic rings. The van der Waals surface area contributed by atoms with Gasteiger partial charge < -0.3 is 15.0 Å². The first kappa shape index (κ1) is 19.2. The summed E-state index contributed by atoms with van der Waals surface area (Å²) in [6.07, 6.45) is 0. The molecule has 26 heavy (non-hydrogen) atoms. The van der Waals surface area contributed by atoms with Crippen LogP contribution in [-0.4, -0.2) is 36.3 Å². The van der Waals surface area contributed by atoms with Crippen LogP contribution in [0.1, 0.15) is 28.4 Å². The van der Waals surface area contributed by atoms with Gasteiger partial charge in [-0.2, -0.15) is 0 Å². The molecule has 2 amide bonds. The fourth-order valence-corrected chi connectivity index (χ4v) is 2.30. The summed E-state index contributed by atoms with van der Waals surface area (Å²) in [5.74, 6) is -1.14. The molecule has 1 N–H and O–H groups in total. The standard InChI is InChI=1S/C20H22N2O4/c1-14-7-9-16(10-8-14)12-22(3)19(24)13-26-20(25)17-5-4-6-18(11-17)21-15(2)23/h4-11H,12-13H2,1-3H3,(H,21,23). The molecule has 0 aromatic heterocycles. The number of benzene rings is 2. The lowest BCUT2D eigenvalue weighted by molar-refractivity contribution is -0.133. The molecule has 0 aliphatic heterocycles. The number of esters is 1. The van der Waals surface area contributed by atoms with Crippen LogP contribution < -0.4 is 5.32 Å².